The maximum absolute atomic E-state index is 11.2. The molecule has 1 aromatic rings. The van der Waals surface area contributed by atoms with E-state index in [2.05, 4.69) is 4.98 Å². The van der Waals surface area contributed by atoms with Crippen LogP contribution in [0.5, 0.6) is 0 Å². The van der Waals surface area contributed by atoms with Gasteiger partial charge >= 0.3 is 0 Å². The smallest absolute Gasteiger partial charge is 0.219 e. The summed E-state index contributed by atoms with van der Waals surface area (Å²) in [6, 6.07) is 1.59. The van der Waals surface area contributed by atoms with Crippen molar-refractivity contribution in [3.8, 4) is 0 Å². The number of halogens is 3. The lowest BCUT2D eigenvalue weighted by Crippen LogP contribution is -2.48. The molecular formula is C11H12Cl3N3O. The predicted octanol–water partition coefficient (Wildman–Crippen LogP) is 2.71. The third-order valence-electron chi connectivity index (χ3n) is 2.89. The van der Waals surface area contributed by atoms with Crippen molar-refractivity contribution in [1.29, 1.82) is 0 Å². The molecule has 7 heteroatoms. The van der Waals surface area contributed by atoms with Crippen molar-refractivity contribution in [2.75, 3.05) is 31.1 Å². The highest BCUT2D eigenvalue weighted by molar-refractivity contribution is 6.42. The first-order valence-corrected chi connectivity index (χ1v) is 6.64. The number of carbonyl (C=O) groups is 1. The molecule has 0 aliphatic carbocycles. The van der Waals surface area contributed by atoms with Crippen molar-refractivity contribution >= 4 is 46.5 Å². The van der Waals surface area contributed by atoms with Crippen molar-refractivity contribution in [2.24, 2.45) is 0 Å². The molecule has 0 unspecified atom stereocenters. The van der Waals surface area contributed by atoms with E-state index >= 15 is 0 Å². The molecule has 0 bridgehead atoms. The quantitative estimate of drug-likeness (QED) is 0.749. The van der Waals surface area contributed by atoms with E-state index in [0.717, 1.165) is 0 Å². The second-order valence-electron chi connectivity index (χ2n) is 4.06. The third-order valence-corrected chi connectivity index (χ3v) is 3.84. The summed E-state index contributed by atoms with van der Waals surface area (Å²) in [5.74, 6) is 0.706. The van der Waals surface area contributed by atoms with Crippen LogP contribution >= 0.6 is 34.8 Å². The van der Waals surface area contributed by atoms with Crippen LogP contribution in [-0.4, -0.2) is 42.0 Å². The second kappa shape index (κ2) is 5.51. The van der Waals surface area contributed by atoms with E-state index in [9.17, 15) is 4.79 Å². The molecule has 1 amide bonds. The van der Waals surface area contributed by atoms with Gasteiger partial charge in [0.25, 0.3) is 0 Å². The lowest BCUT2D eigenvalue weighted by Gasteiger charge is -2.35. The normalized spacial score (nSPS) is 16.0. The van der Waals surface area contributed by atoms with Crippen LogP contribution in [-0.2, 0) is 4.79 Å². The van der Waals surface area contributed by atoms with Crippen LogP contribution in [0.1, 0.15) is 6.92 Å². The Labute approximate surface area is 120 Å². The van der Waals surface area contributed by atoms with Gasteiger partial charge in [0.1, 0.15) is 11.0 Å². The standard InChI is InChI=1S/C11H12Cl3N3O/c1-7(18)16-2-4-17(5-3-16)11-9(13)6-8(12)10(14)15-11/h6H,2-5H2,1H3. The van der Waals surface area contributed by atoms with Gasteiger partial charge in [0.15, 0.2) is 0 Å². The Morgan fingerprint density at radius 1 is 1.17 bits per heavy atom. The first-order chi connectivity index (χ1) is 8.49. The molecule has 0 radical (unpaired) electrons. The van der Waals surface area contributed by atoms with Gasteiger partial charge in [-0.1, -0.05) is 34.8 Å². The van der Waals surface area contributed by atoms with Gasteiger partial charge in [0.05, 0.1) is 10.0 Å². The van der Waals surface area contributed by atoms with Crippen molar-refractivity contribution in [3.63, 3.8) is 0 Å². The minimum atomic E-state index is 0.0860. The molecule has 0 aromatic carbocycles. The topological polar surface area (TPSA) is 36.4 Å². The van der Waals surface area contributed by atoms with E-state index in [1.807, 2.05) is 4.90 Å². The van der Waals surface area contributed by atoms with Crippen LogP contribution in [0.2, 0.25) is 15.2 Å². The van der Waals surface area contributed by atoms with Gasteiger partial charge in [0.2, 0.25) is 5.91 Å². The van der Waals surface area contributed by atoms with Crippen LogP contribution < -0.4 is 4.90 Å². The average Bonchev–Trinajstić information content (AvgIpc) is 2.34. The number of hydrogen-bond acceptors (Lipinski definition) is 3. The Morgan fingerprint density at radius 2 is 1.78 bits per heavy atom. The molecule has 0 atom stereocenters. The van der Waals surface area contributed by atoms with Crippen molar-refractivity contribution in [2.45, 2.75) is 6.92 Å². The Morgan fingerprint density at radius 3 is 2.33 bits per heavy atom. The first kappa shape index (κ1) is 13.7. The zero-order valence-electron chi connectivity index (χ0n) is 9.79. The maximum Gasteiger partial charge on any atom is 0.219 e. The van der Waals surface area contributed by atoms with E-state index in [1.165, 1.54) is 0 Å². The minimum absolute atomic E-state index is 0.0860. The van der Waals surface area contributed by atoms with E-state index in [-0.39, 0.29) is 11.1 Å². The zero-order valence-corrected chi connectivity index (χ0v) is 12.1. The monoisotopic (exact) mass is 307 g/mol. The zero-order chi connectivity index (χ0) is 13.3. The molecule has 4 nitrogen and oxygen atoms in total. The van der Waals surface area contributed by atoms with E-state index in [4.69, 9.17) is 34.8 Å². The van der Waals surface area contributed by atoms with Crippen molar-refractivity contribution < 1.29 is 4.79 Å². The van der Waals surface area contributed by atoms with Crippen molar-refractivity contribution in [3.05, 3.63) is 21.3 Å². The van der Waals surface area contributed by atoms with Gasteiger partial charge in [-0.25, -0.2) is 4.98 Å². The molecule has 0 N–H and O–H groups in total. The number of amides is 1. The van der Waals surface area contributed by atoms with Crippen LogP contribution in [0.15, 0.2) is 6.07 Å². The average molecular weight is 309 g/mol. The second-order valence-corrected chi connectivity index (χ2v) is 5.23. The summed E-state index contributed by atoms with van der Waals surface area (Å²) in [5, 5.41) is 1.05. The fraction of sp³-hybridized carbons (Fsp3) is 0.455. The maximum atomic E-state index is 11.2. The number of hydrogen-bond donors (Lipinski definition) is 0. The summed E-state index contributed by atoms with van der Waals surface area (Å²) >= 11 is 17.8. The fourth-order valence-electron chi connectivity index (χ4n) is 1.89. The minimum Gasteiger partial charge on any atom is -0.352 e. The number of nitrogens with zero attached hydrogens (tertiary/aromatic N) is 3. The van der Waals surface area contributed by atoms with Crippen LogP contribution in [0, 0.1) is 0 Å². The number of anilines is 1. The molecule has 2 rings (SSSR count). The van der Waals surface area contributed by atoms with E-state index in [0.29, 0.717) is 42.0 Å². The number of pyridine rings is 1. The summed E-state index contributed by atoms with van der Waals surface area (Å²) in [4.78, 5) is 19.2. The molecule has 1 saturated heterocycles. The molecular weight excluding hydrogens is 297 g/mol. The molecule has 1 aromatic heterocycles. The molecule has 0 saturated carbocycles. The number of piperazine rings is 1. The van der Waals surface area contributed by atoms with Crippen LogP contribution in [0.4, 0.5) is 5.82 Å². The van der Waals surface area contributed by atoms with Gasteiger partial charge in [-0.15, -0.1) is 0 Å². The Bertz CT molecular complexity index is 473. The Hall–Kier alpha value is -0.710. The molecule has 1 aliphatic heterocycles. The van der Waals surface area contributed by atoms with Gasteiger partial charge < -0.3 is 9.80 Å². The summed E-state index contributed by atoms with van der Waals surface area (Å²) in [6.07, 6.45) is 0. The Kier molecular flexibility index (Phi) is 4.20. The highest BCUT2D eigenvalue weighted by atomic mass is 35.5. The summed E-state index contributed by atoms with van der Waals surface area (Å²) < 4.78 is 0. The lowest BCUT2D eigenvalue weighted by atomic mass is 10.3. The number of rotatable bonds is 1. The van der Waals surface area contributed by atoms with Crippen LogP contribution in [0.25, 0.3) is 0 Å². The van der Waals surface area contributed by atoms with E-state index < -0.39 is 0 Å². The van der Waals surface area contributed by atoms with E-state index in [1.54, 1.807) is 17.9 Å². The molecule has 2 heterocycles. The summed E-state index contributed by atoms with van der Waals surface area (Å²) in [7, 11) is 0. The van der Waals surface area contributed by atoms with Crippen LogP contribution in [0.3, 0.4) is 0 Å². The molecule has 1 aliphatic rings. The SMILES string of the molecule is CC(=O)N1CCN(c2nc(Cl)c(Cl)cc2Cl)CC1. The highest BCUT2D eigenvalue weighted by Gasteiger charge is 2.22. The molecule has 0 spiro atoms. The largest absolute Gasteiger partial charge is 0.352 e. The van der Waals surface area contributed by atoms with Gasteiger partial charge in [-0.3, -0.25) is 4.79 Å². The highest BCUT2D eigenvalue weighted by Crippen LogP contribution is 2.31. The van der Waals surface area contributed by atoms with Gasteiger partial charge in [-0.05, 0) is 6.07 Å². The number of carbonyl (C=O) groups excluding carboxylic acids is 1. The molecule has 18 heavy (non-hydrogen) atoms. The summed E-state index contributed by atoms with van der Waals surface area (Å²) in [5.41, 5.74) is 0. The lowest BCUT2D eigenvalue weighted by molar-refractivity contribution is -0.129. The predicted molar refractivity (Wildman–Crippen MR) is 73.7 cm³/mol. The van der Waals surface area contributed by atoms with Crippen molar-refractivity contribution in [1.82, 2.24) is 9.88 Å². The first-order valence-electron chi connectivity index (χ1n) is 5.51. The molecule has 1 fully saturated rings. The fourth-order valence-corrected chi connectivity index (χ4v) is 2.50. The third kappa shape index (κ3) is 2.82. The van der Waals surface area contributed by atoms with Gasteiger partial charge in [0, 0.05) is 33.1 Å². The molecule has 98 valence electrons. The Balaban J connectivity index is 2.15. The number of aromatic nitrogens is 1. The van der Waals surface area contributed by atoms with Gasteiger partial charge in [-0.2, -0.15) is 0 Å². The summed E-state index contributed by atoms with van der Waals surface area (Å²) in [6.45, 7) is 4.26.